The van der Waals surface area contributed by atoms with Crippen molar-refractivity contribution in [2.24, 2.45) is 34.5 Å². The van der Waals surface area contributed by atoms with Gasteiger partial charge in [0.1, 0.15) is 24.7 Å². The molecule has 1 aliphatic heterocycles. The lowest BCUT2D eigenvalue weighted by atomic mass is 9.78. The number of aliphatic hydroxyl groups excluding tert-OH is 3. The summed E-state index contributed by atoms with van der Waals surface area (Å²) in [5, 5.41) is 31.4. The Morgan fingerprint density at radius 2 is 1.12 bits per heavy atom. The molecule has 0 amide bonds. The highest BCUT2D eigenvalue weighted by Gasteiger charge is 2.40. The summed E-state index contributed by atoms with van der Waals surface area (Å²) in [6.07, 6.45) is 34.7. The Morgan fingerprint density at radius 1 is 0.690 bits per heavy atom. The zero-order chi connectivity index (χ0) is 41.7. The van der Waals surface area contributed by atoms with Crippen molar-refractivity contribution in [3.05, 3.63) is 121 Å². The lowest BCUT2D eigenvalue weighted by Gasteiger charge is -2.36. The summed E-state index contributed by atoms with van der Waals surface area (Å²) in [4.78, 5) is 35.4. The number of fused-ring (bicyclic) bond motifs is 6. The van der Waals surface area contributed by atoms with Crippen LogP contribution in [0.1, 0.15) is 112 Å². The van der Waals surface area contributed by atoms with Gasteiger partial charge in [0.25, 0.3) is 0 Å². The van der Waals surface area contributed by atoms with Crippen LogP contribution < -0.4 is 0 Å². The number of hydrogen-bond donors (Lipinski definition) is 3. The summed E-state index contributed by atoms with van der Waals surface area (Å²) in [5.74, 6) is 0.534. The highest BCUT2D eigenvalue weighted by atomic mass is 16.6. The fourth-order valence-corrected chi connectivity index (χ4v) is 6.67. The van der Waals surface area contributed by atoms with Gasteiger partial charge in [-0.05, 0) is 49.4 Å². The Hall–Kier alpha value is -4.84. The van der Waals surface area contributed by atoms with Crippen LogP contribution in [-0.4, -0.2) is 68.2 Å². The molecular weight excluding hydrogens is 737 g/mol. The van der Waals surface area contributed by atoms with Crippen molar-refractivity contribution in [2.45, 2.75) is 104 Å². The van der Waals surface area contributed by atoms with Gasteiger partial charge in [0, 0.05) is 42.4 Å². The number of aliphatic hydroxyl groups is 3. The van der Waals surface area contributed by atoms with Gasteiger partial charge in [-0.25, -0.2) is 19.6 Å². The number of rotatable bonds is 10. The Kier molecular flexibility index (Phi) is 15.8. The van der Waals surface area contributed by atoms with Crippen molar-refractivity contribution in [3.63, 3.8) is 0 Å². The first kappa shape index (κ1) is 44.3. The molecule has 5 rings (SSSR count). The van der Waals surface area contributed by atoms with Crippen LogP contribution in [-0.2, 0) is 9.47 Å². The summed E-state index contributed by atoms with van der Waals surface area (Å²) in [5.41, 5.74) is -1.57. The Balaban J connectivity index is 1.35. The molecule has 2 aliphatic carbocycles. The minimum absolute atomic E-state index is 0.0314. The van der Waals surface area contributed by atoms with Gasteiger partial charge in [0.15, 0.2) is 11.4 Å². The van der Waals surface area contributed by atoms with Crippen LogP contribution in [0.4, 0.5) is 0 Å². The molecule has 0 radical (unpaired) electrons. The average molecular weight is 797 g/mol. The first-order valence-electron chi connectivity index (χ1n) is 20.5. The molecule has 3 heterocycles. The van der Waals surface area contributed by atoms with Crippen molar-refractivity contribution < 1.29 is 43.2 Å². The van der Waals surface area contributed by atoms with Crippen LogP contribution in [0, 0.1) is 34.5 Å². The van der Waals surface area contributed by atoms with Crippen molar-refractivity contribution in [3.8, 4) is 0 Å². The molecule has 0 spiro atoms. The van der Waals surface area contributed by atoms with E-state index in [-0.39, 0.29) is 29.8 Å². The number of carbonyl (C=O) groups is 2. The predicted octanol–water partition coefficient (Wildman–Crippen LogP) is 8.80. The largest absolute Gasteiger partial charge is 0.457 e. The van der Waals surface area contributed by atoms with Crippen molar-refractivity contribution in [1.29, 1.82) is 0 Å². The minimum Gasteiger partial charge on any atom is -0.457 e. The number of oxazole rings is 2. The Bertz CT molecular complexity index is 1770. The smallest absolute Gasteiger partial charge is 0.360 e. The van der Waals surface area contributed by atoms with Gasteiger partial charge >= 0.3 is 11.9 Å². The van der Waals surface area contributed by atoms with Crippen LogP contribution in [0.25, 0.3) is 12.2 Å². The van der Waals surface area contributed by atoms with Gasteiger partial charge in [0.05, 0.1) is 12.2 Å². The fourth-order valence-electron chi connectivity index (χ4n) is 6.67. The van der Waals surface area contributed by atoms with Crippen LogP contribution in [0.15, 0.2) is 106 Å². The molecule has 2 aromatic heterocycles. The second-order valence-electron chi connectivity index (χ2n) is 16.6. The molecule has 58 heavy (non-hydrogen) atoms. The number of carbonyl (C=O) groups excluding carboxylic acids is 2. The molecule has 3 aliphatic rings. The van der Waals surface area contributed by atoms with E-state index >= 15 is 0 Å². The van der Waals surface area contributed by atoms with Crippen LogP contribution in [0.2, 0.25) is 0 Å². The lowest BCUT2D eigenvalue weighted by Crippen LogP contribution is -2.42. The van der Waals surface area contributed by atoms with E-state index in [2.05, 4.69) is 41.2 Å². The standard InChI is InChI=1S/C47H60N2O9/c1-6-7-8-21-38(51)46(2,3)40-23-15-19-34-28-32(34)17-9-12-26-43-49-37(31-56-43)45(54)58-41(47(4,5)39(52)22-13-14-27-50)24-16-20-35-29-33(35)18-10-11-25-42-48-36(30-55-42)44(53)57-40/h8-13,15-22,25-26,30-35,38-41,50-52H,6-7,14,23-24,27-29H2,1-5H3/b17-9+,18-10+,19-15-,20-16-,21-8+,22-13+,25-11-,26-12-/t32-,33-,34+,35+,38+,39+,40+,41+/m1/s1. The highest BCUT2D eigenvalue weighted by molar-refractivity contribution is 5.87. The Morgan fingerprint density at radius 3 is 1.55 bits per heavy atom. The fraction of sp³-hybridized carbons (Fsp3) is 0.489. The van der Waals surface area contributed by atoms with Crippen LogP contribution in [0.3, 0.4) is 0 Å². The number of cyclic esters (lactones) is 2. The van der Waals surface area contributed by atoms with E-state index in [4.69, 9.17) is 18.3 Å². The summed E-state index contributed by atoms with van der Waals surface area (Å²) < 4.78 is 23.2. The molecule has 8 atom stereocenters. The van der Waals surface area contributed by atoms with Crippen LogP contribution >= 0.6 is 0 Å². The maximum Gasteiger partial charge on any atom is 0.360 e. The Labute approximate surface area is 342 Å². The molecule has 0 saturated heterocycles. The molecular formula is C47H60N2O9. The van der Waals surface area contributed by atoms with E-state index < -0.39 is 47.2 Å². The zero-order valence-corrected chi connectivity index (χ0v) is 34.4. The summed E-state index contributed by atoms with van der Waals surface area (Å²) in [7, 11) is 0. The number of ether oxygens (including phenoxy) is 2. The number of nitrogens with zero attached hydrogens (tertiary/aromatic N) is 2. The van der Waals surface area contributed by atoms with E-state index in [1.807, 2.05) is 70.2 Å². The topological polar surface area (TPSA) is 165 Å². The quantitative estimate of drug-likeness (QED) is 0.155. The molecule has 3 N–H and O–H groups in total. The molecule has 2 saturated carbocycles. The number of allylic oxidation sites excluding steroid dienone is 9. The predicted molar refractivity (Wildman–Crippen MR) is 223 cm³/mol. The second-order valence-corrected chi connectivity index (χ2v) is 16.6. The van der Waals surface area contributed by atoms with Gasteiger partial charge < -0.3 is 33.6 Å². The van der Waals surface area contributed by atoms with Crippen molar-refractivity contribution >= 4 is 24.1 Å². The first-order chi connectivity index (χ1) is 27.8. The summed E-state index contributed by atoms with van der Waals surface area (Å²) in [6, 6.07) is 0. The summed E-state index contributed by atoms with van der Waals surface area (Å²) >= 11 is 0. The molecule has 11 heteroatoms. The molecule has 2 fully saturated rings. The number of esters is 2. The number of unbranched alkanes of at least 4 members (excludes halogenated alkanes) is 1. The first-order valence-corrected chi connectivity index (χ1v) is 20.5. The zero-order valence-electron chi connectivity index (χ0n) is 34.4. The van der Waals surface area contributed by atoms with Gasteiger partial charge in [-0.15, -0.1) is 0 Å². The molecule has 312 valence electrons. The summed E-state index contributed by atoms with van der Waals surface area (Å²) in [6.45, 7) is 9.52. The van der Waals surface area contributed by atoms with Crippen LogP contribution in [0.5, 0.6) is 0 Å². The maximum absolute atomic E-state index is 13.4. The van der Waals surface area contributed by atoms with Gasteiger partial charge in [-0.2, -0.15) is 0 Å². The number of hydrogen-bond acceptors (Lipinski definition) is 11. The third-order valence-corrected chi connectivity index (χ3v) is 11.2. The maximum atomic E-state index is 13.4. The lowest BCUT2D eigenvalue weighted by molar-refractivity contribution is -0.0462. The van der Waals surface area contributed by atoms with E-state index in [1.165, 1.54) is 12.5 Å². The minimum atomic E-state index is -0.938. The van der Waals surface area contributed by atoms with E-state index in [1.54, 1.807) is 30.4 Å². The van der Waals surface area contributed by atoms with Gasteiger partial charge in [0.2, 0.25) is 11.8 Å². The number of aromatic nitrogens is 2. The third-order valence-electron chi connectivity index (χ3n) is 11.2. The monoisotopic (exact) mass is 796 g/mol. The van der Waals surface area contributed by atoms with Crippen molar-refractivity contribution in [1.82, 2.24) is 9.97 Å². The molecule has 4 bridgehead atoms. The van der Waals surface area contributed by atoms with Gasteiger partial charge in [-0.3, -0.25) is 0 Å². The molecule has 2 aromatic rings. The second kappa shape index (κ2) is 20.7. The average Bonchev–Trinajstić information content (AvgIpc) is 3.99. The highest BCUT2D eigenvalue weighted by Crippen LogP contribution is 2.42. The SMILES string of the molecule is CCC/C=C/[C@H](O)C(C)(C)[C@@H]1C/C=C\[C@H]2C[C@H]2/C=C/C=C\c2nc(co2)C(=O)O[C@H](C(C)(C)[C@@H](O)/C=C/CCO)C/C=C\[C@H]2C[C@H]2/C=C/C=C\c2nc(co2)C(=O)O1. The molecule has 0 unspecified atom stereocenters. The van der Waals surface area contributed by atoms with Crippen molar-refractivity contribution in [2.75, 3.05) is 6.61 Å². The normalized spacial score (nSPS) is 29.2. The molecule has 11 nitrogen and oxygen atoms in total. The molecule has 0 aromatic carbocycles. The van der Waals surface area contributed by atoms with E-state index in [0.29, 0.717) is 42.9 Å². The van der Waals surface area contributed by atoms with E-state index in [0.717, 1.165) is 25.7 Å². The third kappa shape index (κ3) is 12.6. The van der Waals surface area contributed by atoms with E-state index in [9.17, 15) is 24.9 Å². The van der Waals surface area contributed by atoms with Gasteiger partial charge in [-0.1, -0.05) is 126 Å².